The molecule has 0 saturated heterocycles. The van der Waals surface area contributed by atoms with Crippen LogP contribution in [-0.4, -0.2) is 35.7 Å². The van der Waals surface area contributed by atoms with Crippen molar-refractivity contribution in [2.75, 3.05) is 25.1 Å². The van der Waals surface area contributed by atoms with Crippen LogP contribution in [0.4, 0.5) is 5.69 Å². The first-order valence-electron chi connectivity index (χ1n) is 11.2. The summed E-state index contributed by atoms with van der Waals surface area (Å²) in [5, 5.41) is 2.98. The Morgan fingerprint density at radius 1 is 0.971 bits per heavy atom. The molecule has 34 heavy (non-hydrogen) atoms. The predicted molar refractivity (Wildman–Crippen MR) is 130 cm³/mol. The Morgan fingerprint density at radius 2 is 1.68 bits per heavy atom. The lowest BCUT2D eigenvalue weighted by Gasteiger charge is -2.17. The van der Waals surface area contributed by atoms with Crippen LogP contribution in [0.25, 0.3) is 22.7 Å². The molecule has 1 N–H and O–H groups in total. The van der Waals surface area contributed by atoms with Gasteiger partial charge < -0.3 is 23.9 Å². The summed E-state index contributed by atoms with van der Waals surface area (Å²) in [4.78, 5) is 21.9. The normalized spacial score (nSPS) is 10.8. The molecule has 8 heteroatoms. The third-order valence-corrected chi connectivity index (χ3v) is 5.15. The maximum absolute atomic E-state index is 13.2. The summed E-state index contributed by atoms with van der Waals surface area (Å²) in [6.07, 6.45) is 1.67. The van der Waals surface area contributed by atoms with E-state index in [4.69, 9.17) is 18.6 Å². The number of hydrogen-bond donors (Lipinski definition) is 1. The lowest BCUT2D eigenvalue weighted by molar-refractivity contribution is 0.102. The number of hydrogen-bond acceptors (Lipinski definition) is 7. The van der Waals surface area contributed by atoms with Crippen LogP contribution < -0.4 is 19.5 Å². The van der Waals surface area contributed by atoms with Gasteiger partial charge in [0, 0.05) is 23.0 Å². The lowest BCUT2D eigenvalue weighted by Crippen LogP contribution is -2.14. The summed E-state index contributed by atoms with van der Waals surface area (Å²) in [5.41, 5.74) is 3.77. The van der Waals surface area contributed by atoms with E-state index in [0.29, 0.717) is 65.4 Å². The number of oxazole rings is 1. The number of anilines is 1. The molecule has 2 aromatic heterocycles. The van der Waals surface area contributed by atoms with Gasteiger partial charge in [-0.1, -0.05) is 6.07 Å². The number of aromatic nitrogens is 2. The molecule has 2 heterocycles. The molecule has 0 fully saturated rings. The first-order chi connectivity index (χ1) is 16.5. The van der Waals surface area contributed by atoms with Crippen molar-refractivity contribution in [1.82, 2.24) is 9.97 Å². The number of carbonyl (C=O) groups excluding carboxylic acids is 1. The molecule has 4 aromatic rings. The van der Waals surface area contributed by atoms with E-state index in [1.54, 1.807) is 24.4 Å². The van der Waals surface area contributed by atoms with E-state index in [0.717, 1.165) is 11.1 Å². The van der Waals surface area contributed by atoms with Crippen molar-refractivity contribution in [3.63, 3.8) is 0 Å². The van der Waals surface area contributed by atoms with Crippen LogP contribution in [0.3, 0.4) is 0 Å². The fourth-order valence-corrected chi connectivity index (χ4v) is 3.60. The van der Waals surface area contributed by atoms with E-state index in [2.05, 4.69) is 15.3 Å². The second-order valence-electron chi connectivity index (χ2n) is 7.38. The van der Waals surface area contributed by atoms with Gasteiger partial charge in [-0.3, -0.25) is 4.79 Å². The molecule has 0 aliphatic carbocycles. The zero-order valence-electron chi connectivity index (χ0n) is 19.7. The maximum atomic E-state index is 13.2. The molecular weight excluding hydrogens is 434 g/mol. The smallest absolute Gasteiger partial charge is 0.255 e. The Labute approximate surface area is 197 Å². The Kier molecular flexibility index (Phi) is 6.96. The van der Waals surface area contributed by atoms with E-state index in [1.807, 2.05) is 52.0 Å². The van der Waals surface area contributed by atoms with Gasteiger partial charge in [0.15, 0.2) is 22.7 Å². The van der Waals surface area contributed by atoms with Gasteiger partial charge in [0.2, 0.25) is 11.6 Å². The van der Waals surface area contributed by atoms with Crippen molar-refractivity contribution in [1.29, 1.82) is 0 Å². The van der Waals surface area contributed by atoms with Crippen molar-refractivity contribution < 1.29 is 23.4 Å². The number of nitrogens with zero attached hydrogens (tertiary/aromatic N) is 2. The number of rotatable bonds is 9. The number of ether oxygens (including phenoxy) is 3. The molecule has 2 aromatic carbocycles. The molecule has 0 atom stereocenters. The largest absolute Gasteiger partial charge is 0.490 e. The summed E-state index contributed by atoms with van der Waals surface area (Å²) in [7, 11) is 0. The number of carbonyl (C=O) groups is 1. The van der Waals surface area contributed by atoms with Gasteiger partial charge in [0.05, 0.1) is 19.8 Å². The monoisotopic (exact) mass is 461 g/mol. The minimum absolute atomic E-state index is 0.301. The molecule has 0 unspecified atom stereocenters. The zero-order valence-corrected chi connectivity index (χ0v) is 19.7. The average molecular weight is 462 g/mol. The van der Waals surface area contributed by atoms with E-state index >= 15 is 0 Å². The Hall–Kier alpha value is -4.07. The maximum Gasteiger partial charge on any atom is 0.255 e. The molecule has 0 radical (unpaired) electrons. The third kappa shape index (κ3) is 4.66. The highest BCUT2D eigenvalue weighted by atomic mass is 16.5. The average Bonchev–Trinajstić information content (AvgIpc) is 3.26. The summed E-state index contributed by atoms with van der Waals surface area (Å²) in [6.45, 7) is 8.84. The second-order valence-corrected chi connectivity index (χ2v) is 7.38. The van der Waals surface area contributed by atoms with E-state index < -0.39 is 0 Å². The molecule has 0 aliphatic heterocycles. The first kappa shape index (κ1) is 23.1. The van der Waals surface area contributed by atoms with Crippen molar-refractivity contribution in [2.24, 2.45) is 0 Å². The van der Waals surface area contributed by atoms with Gasteiger partial charge in [-0.25, -0.2) is 4.98 Å². The topological polar surface area (TPSA) is 95.7 Å². The predicted octanol–water partition coefficient (Wildman–Crippen LogP) is 5.65. The van der Waals surface area contributed by atoms with Gasteiger partial charge >= 0.3 is 0 Å². The molecule has 0 bridgehead atoms. The highest BCUT2D eigenvalue weighted by molar-refractivity contribution is 6.05. The van der Waals surface area contributed by atoms with Crippen molar-refractivity contribution in [3.8, 4) is 28.7 Å². The van der Waals surface area contributed by atoms with Crippen molar-refractivity contribution in [2.45, 2.75) is 27.7 Å². The van der Waals surface area contributed by atoms with Crippen molar-refractivity contribution >= 4 is 22.8 Å². The van der Waals surface area contributed by atoms with Crippen LogP contribution in [0.5, 0.6) is 17.2 Å². The van der Waals surface area contributed by atoms with E-state index in [9.17, 15) is 4.79 Å². The van der Waals surface area contributed by atoms with Gasteiger partial charge in [-0.15, -0.1) is 0 Å². The molecule has 176 valence electrons. The van der Waals surface area contributed by atoms with E-state index in [-0.39, 0.29) is 5.91 Å². The lowest BCUT2D eigenvalue weighted by atomic mass is 10.1. The third-order valence-electron chi connectivity index (χ3n) is 5.15. The Bertz CT molecular complexity index is 1260. The SMILES string of the molecule is CCOc1cc(C(=O)Nc2cccc(-c3nc4ncccc4o3)c2C)cc(OCC)c1OCC. The molecular formula is C26H27N3O5. The minimum Gasteiger partial charge on any atom is -0.490 e. The molecule has 0 spiro atoms. The van der Waals surface area contributed by atoms with Crippen LogP contribution in [0.2, 0.25) is 0 Å². The van der Waals surface area contributed by atoms with Crippen LogP contribution in [0, 0.1) is 6.92 Å². The van der Waals surface area contributed by atoms with Gasteiger partial charge in [-0.2, -0.15) is 4.98 Å². The zero-order chi connectivity index (χ0) is 24.1. The Morgan fingerprint density at radius 3 is 2.32 bits per heavy atom. The summed E-state index contributed by atoms with van der Waals surface area (Å²) in [6, 6.07) is 12.5. The molecule has 4 rings (SSSR count). The first-order valence-corrected chi connectivity index (χ1v) is 11.2. The van der Waals surface area contributed by atoms with Crippen LogP contribution in [0.1, 0.15) is 36.7 Å². The second kappa shape index (κ2) is 10.2. The number of pyridine rings is 1. The molecule has 0 aliphatic rings. The highest BCUT2D eigenvalue weighted by Crippen LogP contribution is 2.39. The van der Waals surface area contributed by atoms with Crippen LogP contribution in [-0.2, 0) is 0 Å². The van der Waals surface area contributed by atoms with Gasteiger partial charge in [-0.05, 0) is 69.7 Å². The number of fused-ring (bicyclic) bond motifs is 1. The van der Waals surface area contributed by atoms with Crippen molar-refractivity contribution in [3.05, 3.63) is 59.8 Å². The number of nitrogens with one attached hydrogen (secondary N) is 1. The summed E-state index contributed by atoms with van der Waals surface area (Å²) >= 11 is 0. The quantitative estimate of drug-likeness (QED) is 0.344. The van der Waals surface area contributed by atoms with Crippen LogP contribution in [0.15, 0.2) is 53.1 Å². The fourth-order valence-electron chi connectivity index (χ4n) is 3.60. The molecule has 1 amide bonds. The molecule has 8 nitrogen and oxygen atoms in total. The van der Waals surface area contributed by atoms with Gasteiger partial charge in [0.25, 0.3) is 5.91 Å². The summed E-state index contributed by atoms with van der Waals surface area (Å²) < 4.78 is 23.1. The fraction of sp³-hybridized carbons (Fsp3) is 0.269. The standard InChI is InChI=1S/C26H27N3O5/c1-5-31-21-14-17(15-22(32-6-2)23(21)33-7-3)25(30)28-19-11-8-10-18(16(19)4)26-29-24-20(34-26)12-9-13-27-24/h8-15H,5-7H2,1-4H3,(H,28,30). The highest BCUT2D eigenvalue weighted by Gasteiger charge is 2.20. The van der Waals surface area contributed by atoms with Crippen LogP contribution >= 0.6 is 0 Å². The summed E-state index contributed by atoms with van der Waals surface area (Å²) in [5.74, 6) is 1.56. The Balaban J connectivity index is 1.67. The number of amides is 1. The number of benzene rings is 2. The minimum atomic E-state index is -0.301. The van der Waals surface area contributed by atoms with E-state index in [1.165, 1.54) is 0 Å². The molecule has 0 saturated carbocycles. The van der Waals surface area contributed by atoms with Gasteiger partial charge in [0.1, 0.15) is 0 Å².